The van der Waals surface area contributed by atoms with Crippen LogP contribution in [-0.4, -0.2) is 25.2 Å². The van der Waals surface area contributed by atoms with Gasteiger partial charge in [-0.1, -0.05) is 64.4 Å². The van der Waals surface area contributed by atoms with Gasteiger partial charge in [0, 0.05) is 12.8 Å². The summed E-state index contributed by atoms with van der Waals surface area (Å²) >= 11 is 0. The van der Waals surface area contributed by atoms with Crippen molar-refractivity contribution >= 4 is 11.9 Å². The summed E-state index contributed by atoms with van der Waals surface area (Å²) in [6.07, 6.45) is 16.9. The summed E-state index contributed by atoms with van der Waals surface area (Å²) < 4.78 is 10.3. The zero-order chi connectivity index (χ0) is 19.3. The van der Waals surface area contributed by atoms with E-state index in [-0.39, 0.29) is 11.9 Å². The Balaban J connectivity index is 3.29. The van der Waals surface area contributed by atoms with E-state index in [4.69, 9.17) is 9.47 Å². The molecule has 26 heavy (non-hydrogen) atoms. The van der Waals surface area contributed by atoms with Crippen molar-refractivity contribution in [2.45, 2.75) is 103 Å². The average molecular weight is 369 g/mol. The first-order chi connectivity index (χ1) is 12.7. The molecule has 0 unspecified atom stereocenters. The Bertz CT molecular complexity index is 352. The number of allylic oxidation sites excluding steroid dienone is 1. The molecular weight excluding hydrogens is 328 g/mol. The number of carbonyl (C=O) groups excluding carboxylic acids is 2. The number of hydrogen-bond donors (Lipinski definition) is 0. The van der Waals surface area contributed by atoms with Gasteiger partial charge in [0.05, 0.1) is 13.2 Å². The molecule has 0 amide bonds. The van der Waals surface area contributed by atoms with Crippen LogP contribution < -0.4 is 0 Å². The van der Waals surface area contributed by atoms with Gasteiger partial charge < -0.3 is 9.47 Å². The van der Waals surface area contributed by atoms with Gasteiger partial charge in [-0.25, -0.2) is 0 Å². The number of rotatable bonds is 19. The second kappa shape index (κ2) is 20.0. The number of carbonyl (C=O) groups is 2. The quantitative estimate of drug-likeness (QED) is 0.156. The van der Waals surface area contributed by atoms with Crippen LogP contribution in [0, 0.1) is 0 Å². The summed E-state index contributed by atoms with van der Waals surface area (Å²) in [4.78, 5) is 23.1. The molecule has 0 atom stereocenters. The molecule has 4 heteroatoms. The first-order valence-corrected chi connectivity index (χ1v) is 10.6. The highest BCUT2D eigenvalue weighted by Crippen LogP contribution is 2.10. The fraction of sp³-hybridized carbons (Fsp3) is 0.818. The SMILES string of the molecule is C=CCCCOC(=O)CCCCC(=O)OCCCCCCCCCCC. The molecule has 0 aliphatic heterocycles. The van der Waals surface area contributed by atoms with Crippen LogP contribution in [-0.2, 0) is 19.1 Å². The normalized spacial score (nSPS) is 10.5. The lowest BCUT2D eigenvalue weighted by Gasteiger charge is -2.06. The van der Waals surface area contributed by atoms with Crippen LogP contribution in [0.15, 0.2) is 12.7 Å². The van der Waals surface area contributed by atoms with Crippen molar-refractivity contribution in [3.63, 3.8) is 0 Å². The molecule has 0 bridgehead atoms. The Labute approximate surface area is 160 Å². The van der Waals surface area contributed by atoms with Crippen LogP contribution in [0.2, 0.25) is 0 Å². The van der Waals surface area contributed by atoms with Crippen LogP contribution in [0.1, 0.15) is 103 Å². The van der Waals surface area contributed by atoms with Crippen LogP contribution >= 0.6 is 0 Å². The van der Waals surface area contributed by atoms with E-state index < -0.39 is 0 Å². The lowest BCUT2D eigenvalue weighted by Crippen LogP contribution is -2.08. The van der Waals surface area contributed by atoms with Gasteiger partial charge in [0.25, 0.3) is 0 Å². The molecule has 0 aromatic rings. The number of ether oxygens (including phenoxy) is 2. The predicted octanol–water partition coefficient (Wildman–Crippen LogP) is 6.13. The first-order valence-electron chi connectivity index (χ1n) is 10.6. The van der Waals surface area contributed by atoms with Crippen LogP contribution in [0.3, 0.4) is 0 Å². The minimum absolute atomic E-state index is 0.149. The summed E-state index contributed by atoms with van der Waals surface area (Å²) in [5.74, 6) is -0.332. The molecule has 0 fully saturated rings. The van der Waals surface area contributed by atoms with E-state index in [2.05, 4.69) is 13.5 Å². The van der Waals surface area contributed by atoms with Gasteiger partial charge in [-0.2, -0.15) is 0 Å². The van der Waals surface area contributed by atoms with Gasteiger partial charge >= 0.3 is 11.9 Å². The van der Waals surface area contributed by atoms with Gasteiger partial charge in [0.2, 0.25) is 0 Å². The average Bonchev–Trinajstić information content (AvgIpc) is 2.64. The zero-order valence-corrected chi connectivity index (χ0v) is 16.9. The molecule has 0 aliphatic rings. The molecular formula is C22H40O4. The van der Waals surface area contributed by atoms with Gasteiger partial charge in [-0.15, -0.1) is 6.58 Å². The fourth-order valence-corrected chi connectivity index (χ4v) is 2.70. The standard InChI is InChI=1S/C22H40O4/c1-3-5-7-8-9-10-11-12-16-20-26-22(24)18-14-13-17-21(23)25-19-15-6-4-2/h4H,2-3,5-20H2,1H3. The highest BCUT2D eigenvalue weighted by atomic mass is 16.5. The number of hydrogen-bond acceptors (Lipinski definition) is 4. The molecule has 0 saturated carbocycles. The Hall–Kier alpha value is -1.32. The molecule has 0 aromatic carbocycles. The molecule has 152 valence electrons. The molecule has 0 N–H and O–H groups in total. The Morgan fingerprint density at radius 3 is 1.65 bits per heavy atom. The highest BCUT2D eigenvalue weighted by molar-refractivity contribution is 5.70. The molecule has 0 heterocycles. The van der Waals surface area contributed by atoms with Crippen molar-refractivity contribution in [2.75, 3.05) is 13.2 Å². The van der Waals surface area contributed by atoms with Gasteiger partial charge in [-0.05, 0) is 32.1 Å². The molecule has 4 nitrogen and oxygen atoms in total. The minimum Gasteiger partial charge on any atom is -0.466 e. The molecule has 0 aromatic heterocycles. The summed E-state index contributed by atoms with van der Waals surface area (Å²) in [7, 11) is 0. The number of unbranched alkanes of at least 4 members (excludes halogenated alkanes) is 10. The topological polar surface area (TPSA) is 52.6 Å². The Kier molecular flexibility index (Phi) is 19.0. The third-order valence-electron chi connectivity index (χ3n) is 4.34. The van der Waals surface area contributed by atoms with Crippen molar-refractivity contribution in [1.82, 2.24) is 0 Å². The third-order valence-corrected chi connectivity index (χ3v) is 4.34. The maximum absolute atomic E-state index is 11.6. The van der Waals surface area contributed by atoms with Crippen molar-refractivity contribution in [2.24, 2.45) is 0 Å². The molecule has 0 radical (unpaired) electrons. The van der Waals surface area contributed by atoms with E-state index in [9.17, 15) is 9.59 Å². The van der Waals surface area contributed by atoms with Gasteiger partial charge in [0.15, 0.2) is 0 Å². The highest BCUT2D eigenvalue weighted by Gasteiger charge is 2.06. The molecule has 0 spiro atoms. The van der Waals surface area contributed by atoms with E-state index in [0.717, 1.165) is 25.7 Å². The van der Waals surface area contributed by atoms with Gasteiger partial charge in [-0.3, -0.25) is 9.59 Å². The first kappa shape index (κ1) is 24.7. The lowest BCUT2D eigenvalue weighted by atomic mass is 10.1. The van der Waals surface area contributed by atoms with E-state index in [0.29, 0.717) is 38.9 Å². The third kappa shape index (κ3) is 19.0. The summed E-state index contributed by atoms with van der Waals surface area (Å²) in [6, 6.07) is 0. The van der Waals surface area contributed by atoms with E-state index in [1.54, 1.807) is 0 Å². The molecule has 0 rings (SSSR count). The minimum atomic E-state index is -0.183. The van der Waals surface area contributed by atoms with E-state index in [1.165, 1.54) is 44.9 Å². The van der Waals surface area contributed by atoms with Crippen LogP contribution in [0.4, 0.5) is 0 Å². The molecule has 0 aliphatic carbocycles. The lowest BCUT2D eigenvalue weighted by molar-refractivity contribution is -0.146. The van der Waals surface area contributed by atoms with E-state index >= 15 is 0 Å². The fourth-order valence-electron chi connectivity index (χ4n) is 2.70. The second-order valence-corrected chi connectivity index (χ2v) is 6.91. The van der Waals surface area contributed by atoms with Gasteiger partial charge in [0.1, 0.15) is 0 Å². The predicted molar refractivity (Wildman–Crippen MR) is 107 cm³/mol. The Morgan fingerprint density at radius 2 is 1.15 bits per heavy atom. The summed E-state index contributed by atoms with van der Waals surface area (Å²) in [6.45, 7) is 6.84. The van der Waals surface area contributed by atoms with Crippen molar-refractivity contribution in [3.8, 4) is 0 Å². The summed E-state index contributed by atoms with van der Waals surface area (Å²) in [5, 5.41) is 0. The monoisotopic (exact) mass is 368 g/mol. The van der Waals surface area contributed by atoms with Crippen LogP contribution in [0.25, 0.3) is 0 Å². The van der Waals surface area contributed by atoms with E-state index in [1.807, 2.05) is 6.08 Å². The maximum atomic E-state index is 11.6. The largest absolute Gasteiger partial charge is 0.466 e. The van der Waals surface area contributed by atoms with Crippen LogP contribution in [0.5, 0.6) is 0 Å². The zero-order valence-electron chi connectivity index (χ0n) is 16.9. The molecule has 0 saturated heterocycles. The smallest absolute Gasteiger partial charge is 0.305 e. The van der Waals surface area contributed by atoms with Crippen molar-refractivity contribution < 1.29 is 19.1 Å². The second-order valence-electron chi connectivity index (χ2n) is 6.91. The Morgan fingerprint density at radius 1 is 0.692 bits per heavy atom. The number of esters is 2. The summed E-state index contributed by atoms with van der Waals surface area (Å²) in [5.41, 5.74) is 0. The maximum Gasteiger partial charge on any atom is 0.305 e. The van der Waals surface area contributed by atoms with Crippen molar-refractivity contribution in [1.29, 1.82) is 0 Å². The van der Waals surface area contributed by atoms with Crippen molar-refractivity contribution in [3.05, 3.63) is 12.7 Å².